The van der Waals surface area contributed by atoms with Crippen LogP contribution >= 0.6 is 0 Å². The van der Waals surface area contributed by atoms with E-state index < -0.39 is 0 Å². The fourth-order valence-corrected chi connectivity index (χ4v) is 4.17. The SMILES string of the molecule is COc1ccc(C)nc1N1C[C@H]2C[C@@H](n3cncn3)[C@H](O)C[C@H]2C1. The number of fused-ring (bicyclic) bond motifs is 1. The highest BCUT2D eigenvalue weighted by Crippen LogP contribution is 2.43. The summed E-state index contributed by atoms with van der Waals surface area (Å²) in [6.45, 7) is 3.85. The number of rotatable bonds is 3. The lowest BCUT2D eigenvalue weighted by atomic mass is 9.77. The number of ether oxygens (including phenoxy) is 1. The maximum atomic E-state index is 10.5. The maximum absolute atomic E-state index is 10.5. The molecule has 2 aliphatic rings. The number of aromatic nitrogens is 4. The van der Waals surface area contributed by atoms with E-state index in [1.165, 1.54) is 6.33 Å². The Bertz CT molecular complexity index is 705. The third kappa shape index (κ3) is 2.62. The van der Waals surface area contributed by atoms with Gasteiger partial charge in [0.05, 0.1) is 19.3 Å². The molecular formula is C17H23N5O2. The van der Waals surface area contributed by atoms with E-state index in [4.69, 9.17) is 4.74 Å². The van der Waals surface area contributed by atoms with E-state index in [9.17, 15) is 5.11 Å². The molecule has 0 bridgehead atoms. The minimum Gasteiger partial charge on any atom is -0.493 e. The maximum Gasteiger partial charge on any atom is 0.171 e. The molecule has 2 aromatic rings. The third-order valence-electron chi connectivity index (χ3n) is 5.38. The van der Waals surface area contributed by atoms with Crippen molar-refractivity contribution in [2.75, 3.05) is 25.1 Å². The molecule has 3 heterocycles. The van der Waals surface area contributed by atoms with Crippen LogP contribution in [-0.2, 0) is 0 Å². The van der Waals surface area contributed by atoms with Gasteiger partial charge in [0.15, 0.2) is 11.6 Å². The van der Waals surface area contributed by atoms with Crippen molar-refractivity contribution in [3.8, 4) is 5.75 Å². The number of hydrogen-bond acceptors (Lipinski definition) is 6. The van der Waals surface area contributed by atoms with Crippen LogP contribution in [0.2, 0.25) is 0 Å². The first-order valence-corrected chi connectivity index (χ1v) is 8.44. The average molecular weight is 329 g/mol. The summed E-state index contributed by atoms with van der Waals surface area (Å²) in [5.74, 6) is 2.73. The fourth-order valence-electron chi connectivity index (χ4n) is 4.17. The van der Waals surface area contributed by atoms with Gasteiger partial charge in [-0.15, -0.1) is 0 Å². The summed E-state index contributed by atoms with van der Waals surface area (Å²) in [7, 11) is 1.68. The Morgan fingerprint density at radius 1 is 1.21 bits per heavy atom. The van der Waals surface area contributed by atoms with Crippen molar-refractivity contribution in [2.24, 2.45) is 11.8 Å². The van der Waals surface area contributed by atoms with Crippen LogP contribution in [0, 0.1) is 18.8 Å². The molecule has 0 aromatic carbocycles. The molecular weight excluding hydrogens is 306 g/mol. The van der Waals surface area contributed by atoms with Crippen LogP contribution in [0.25, 0.3) is 0 Å². The molecule has 4 rings (SSSR count). The summed E-state index contributed by atoms with van der Waals surface area (Å²) >= 11 is 0. The lowest BCUT2D eigenvalue weighted by Crippen LogP contribution is -2.36. The number of anilines is 1. The molecule has 128 valence electrons. The second-order valence-corrected chi connectivity index (χ2v) is 6.89. The Hall–Kier alpha value is -2.15. The minimum absolute atomic E-state index is 0.0149. The Balaban J connectivity index is 1.55. The van der Waals surface area contributed by atoms with Gasteiger partial charge in [0.25, 0.3) is 0 Å². The predicted molar refractivity (Wildman–Crippen MR) is 89.0 cm³/mol. The molecule has 0 unspecified atom stereocenters. The van der Waals surface area contributed by atoms with Gasteiger partial charge in [0, 0.05) is 18.8 Å². The molecule has 0 spiro atoms. The molecule has 1 saturated heterocycles. The predicted octanol–water partition coefficient (Wildman–Crippen LogP) is 1.44. The highest BCUT2D eigenvalue weighted by molar-refractivity contribution is 5.54. The Morgan fingerprint density at radius 2 is 2.00 bits per heavy atom. The molecule has 2 fully saturated rings. The van der Waals surface area contributed by atoms with Gasteiger partial charge in [-0.3, -0.25) is 0 Å². The fraction of sp³-hybridized carbons (Fsp3) is 0.588. The first kappa shape index (κ1) is 15.4. The highest BCUT2D eigenvalue weighted by atomic mass is 16.5. The van der Waals surface area contributed by atoms with E-state index in [1.54, 1.807) is 18.1 Å². The van der Waals surface area contributed by atoms with Crippen LogP contribution in [0.5, 0.6) is 5.75 Å². The smallest absolute Gasteiger partial charge is 0.171 e. The highest BCUT2D eigenvalue weighted by Gasteiger charge is 2.43. The lowest BCUT2D eigenvalue weighted by Gasteiger charge is -2.34. The van der Waals surface area contributed by atoms with E-state index in [0.717, 1.165) is 43.2 Å². The van der Waals surface area contributed by atoms with Crippen molar-refractivity contribution in [3.05, 3.63) is 30.5 Å². The van der Waals surface area contributed by atoms with E-state index in [-0.39, 0.29) is 12.1 Å². The van der Waals surface area contributed by atoms with Crippen LogP contribution in [0.3, 0.4) is 0 Å². The van der Waals surface area contributed by atoms with Crippen molar-refractivity contribution in [1.82, 2.24) is 19.7 Å². The molecule has 1 N–H and O–H groups in total. The molecule has 24 heavy (non-hydrogen) atoms. The van der Waals surface area contributed by atoms with Crippen LogP contribution in [0.1, 0.15) is 24.6 Å². The molecule has 0 amide bonds. The normalized spacial score (nSPS) is 29.5. The van der Waals surface area contributed by atoms with Crippen molar-refractivity contribution in [2.45, 2.75) is 31.9 Å². The summed E-state index contributed by atoms with van der Waals surface area (Å²) in [5, 5.41) is 14.8. The molecule has 1 aliphatic carbocycles. The number of aliphatic hydroxyl groups excluding tert-OH is 1. The van der Waals surface area contributed by atoms with Gasteiger partial charge in [-0.05, 0) is 43.7 Å². The lowest BCUT2D eigenvalue weighted by molar-refractivity contribution is 0.0305. The summed E-state index contributed by atoms with van der Waals surface area (Å²) in [4.78, 5) is 11.0. The quantitative estimate of drug-likeness (QED) is 0.918. The Kier molecular flexibility index (Phi) is 3.88. The number of pyridine rings is 1. The second kappa shape index (κ2) is 6.05. The topological polar surface area (TPSA) is 76.3 Å². The Labute approximate surface area is 141 Å². The second-order valence-electron chi connectivity index (χ2n) is 6.89. The Morgan fingerprint density at radius 3 is 2.71 bits per heavy atom. The summed E-state index contributed by atoms with van der Waals surface area (Å²) in [5.41, 5.74) is 0.987. The van der Waals surface area contributed by atoms with E-state index >= 15 is 0 Å². The third-order valence-corrected chi connectivity index (χ3v) is 5.38. The molecule has 4 atom stereocenters. The van der Waals surface area contributed by atoms with Gasteiger partial charge in [-0.2, -0.15) is 5.10 Å². The molecule has 1 aliphatic heterocycles. The van der Waals surface area contributed by atoms with E-state index in [2.05, 4.69) is 20.0 Å². The van der Waals surface area contributed by atoms with Gasteiger partial charge in [-0.25, -0.2) is 14.6 Å². The number of methoxy groups -OCH3 is 1. The molecule has 7 heteroatoms. The van der Waals surface area contributed by atoms with Gasteiger partial charge in [0.2, 0.25) is 0 Å². The monoisotopic (exact) mass is 329 g/mol. The number of aliphatic hydroxyl groups is 1. The van der Waals surface area contributed by atoms with Crippen LogP contribution in [0.4, 0.5) is 5.82 Å². The van der Waals surface area contributed by atoms with Gasteiger partial charge in [0.1, 0.15) is 12.7 Å². The average Bonchev–Trinajstić information content (AvgIpc) is 3.23. The van der Waals surface area contributed by atoms with Crippen LogP contribution in [-0.4, -0.2) is 51.2 Å². The first-order valence-electron chi connectivity index (χ1n) is 8.44. The molecule has 7 nitrogen and oxygen atoms in total. The van der Waals surface area contributed by atoms with Crippen molar-refractivity contribution in [1.29, 1.82) is 0 Å². The number of aryl methyl sites for hydroxylation is 1. The zero-order valence-electron chi connectivity index (χ0n) is 14.0. The standard InChI is InChI=1S/C17H23N5O2/c1-11-3-4-16(24-2)17(20-11)21-7-12-5-14(22-10-18-9-19-22)15(23)6-13(12)8-21/h3-4,9-10,12-15,23H,5-8H2,1-2H3/t12-,13+,14-,15-/m1/s1. The molecule has 2 aromatic heterocycles. The van der Waals surface area contributed by atoms with Crippen molar-refractivity contribution in [3.63, 3.8) is 0 Å². The van der Waals surface area contributed by atoms with Crippen molar-refractivity contribution >= 4 is 5.82 Å². The largest absolute Gasteiger partial charge is 0.493 e. The summed E-state index contributed by atoms with van der Waals surface area (Å²) < 4.78 is 7.29. The minimum atomic E-state index is -0.375. The van der Waals surface area contributed by atoms with Crippen LogP contribution < -0.4 is 9.64 Å². The van der Waals surface area contributed by atoms with E-state index in [0.29, 0.717) is 11.8 Å². The summed E-state index contributed by atoms with van der Waals surface area (Å²) in [6, 6.07) is 3.96. The van der Waals surface area contributed by atoms with Gasteiger partial charge >= 0.3 is 0 Å². The van der Waals surface area contributed by atoms with Crippen molar-refractivity contribution < 1.29 is 9.84 Å². The zero-order chi connectivity index (χ0) is 16.7. The first-order chi connectivity index (χ1) is 11.7. The van der Waals surface area contributed by atoms with Crippen LogP contribution in [0.15, 0.2) is 24.8 Å². The molecule has 0 radical (unpaired) electrons. The van der Waals surface area contributed by atoms with E-state index in [1.807, 2.05) is 19.1 Å². The zero-order valence-corrected chi connectivity index (χ0v) is 14.0. The molecule has 1 saturated carbocycles. The van der Waals surface area contributed by atoms with Gasteiger partial charge in [-0.1, -0.05) is 0 Å². The van der Waals surface area contributed by atoms with Gasteiger partial charge < -0.3 is 14.7 Å². The summed E-state index contributed by atoms with van der Waals surface area (Å²) in [6.07, 6.45) is 4.56. The number of nitrogens with zero attached hydrogens (tertiary/aromatic N) is 5. The number of hydrogen-bond donors (Lipinski definition) is 1.